The molecule has 0 unspecified atom stereocenters. The molecule has 0 saturated heterocycles. The molecule has 0 spiro atoms. The van der Waals surface area contributed by atoms with Gasteiger partial charge in [-0.15, -0.1) is 0 Å². The Balaban J connectivity index is 2.58. The molecule has 0 amide bonds. The van der Waals surface area contributed by atoms with Gasteiger partial charge in [-0.05, 0) is 13.1 Å². The predicted octanol–water partition coefficient (Wildman–Crippen LogP) is 0.268. The maximum atomic E-state index is 8.43. The summed E-state index contributed by atoms with van der Waals surface area (Å²) in [4.78, 5) is 6.14. The Morgan fingerprint density at radius 2 is 2.38 bits per heavy atom. The zero-order valence-corrected chi connectivity index (χ0v) is 9.42. The molecule has 0 aliphatic heterocycles. The Bertz CT molecular complexity index is 368. The number of nitrogens with two attached hydrogens (primary N) is 1. The fourth-order valence-corrected chi connectivity index (χ4v) is 1.30. The van der Waals surface area contributed by atoms with Crippen molar-refractivity contribution < 1.29 is 9.94 Å². The summed E-state index contributed by atoms with van der Waals surface area (Å²) in [6, 6.07) is 5.55. The van der Waals surface area contributed by atoms with E-state index in [0.29, 0.717) is 19.0 Å². The van der Waals surface area contributed by atoms with Crippen molar-refractivity contribution in [3.8, 4) is 5.88 Å². The summed E-state index contributed by atoms with van der Waals surface area (Å²) in [7, 11) is 3.44. The largest absolute Gasteiger partial charge is 0.481 e. The van der Waals surface area contributed by atoms with Crippen molar-refractivity contribution in [2.24, 2.45) is 10.9 Å². The highest BCUT2D eigenvalue weighted by Gasteiger charge is 2.04. The number of ether oxygens (including phenoxy) is 1. The van der Waals surface area contributed by atoms with Gasteiger partial charge in [0.05, 0.1) is 19.3 Å². The number of rotatable bonds is 5. The average molecular weight is 224 g/mol. The maximum Gasteiger partial charge on any atom is 0.213 e. The minimum atomic E-state index is 0.172. The standard InChI is InChI=1S/C10H16N4O2/c1-14(7-9(11)13-15)6-8-4-3-5-10(12-8)16-2/h3-5,15H,6-7H2,1-2H3,(H2,11,13). The zero-order valence-electron chi connectivity index (χ0n) is 9.42. The Morgan fingerprint density at radius 1 is 1.62 bits per heavy atom. The summed E-state index contributed by atoms with van der Waals surface area (Å²) in [5.74, 6) is 0.750. The van der Waals surface area contributed by atoms with Crippen LogP contribution >= 0.6 is 0 Å². The quantitative estimate of drug-likeness (QED) is 0.324. The molecular formula is C10H16N4O2. The van der Waals surface area contributed by atoms with Gasteiger partial charge in [0.1, 0.15) is 0 Å². The molecule has 0 radical (unpaired) electrons. The summed E-state index contributed by atoms with van der Waals surface area (Å²) in [6.45, 7) is 0.989. The predicted molar refractivity (Wildman–Crippen MR) is 60.5 cm³/mol. The second kappa shape index (κ2) is 5.92. The molecule has 1 aromatic rings. The van der Waals surface area contributed by atoms with Crippen LogP contribution in [0.5, 0.6) is 5.88 Å². The number of nitrogens with zero attached hydrogens (tertiary/aromatic N) is 3. The van der Waals surface area contributed by atoms with Gasteiger partial charge in [0.2, 0.25) is 5.88 Å². The molecule has 0 fully saturated rings. The molecule has 1 rings (SSSR count). The fraction of sp³-hybridized carbons (Fsp3) is 0.400. The highest BCUT2D eigenvalue weighted by molar-refractivity contribution is 5.81. The van der Waals surface area contributed by atoms with Gasteiger partial charge < -0.3 is 15.7 Å². The van der Waals surface area contributed by atoms with Crippen molar-refractivity contribution in [2.75, 3.05) is 20.7 Å². The summed E-state index contributed by atoms with van der Waals surface area (Å²) in [5, 5.41) is 11.3. The van der Waals surface area contributed by atoms with Crippen LogP contribution in [0.4, 0.5) is 0 Å². The van der Waals surface area contributed by atoms with Crippen LogP contribution in [0.1, 0.15) is 5.69 Å². The molecular weight excluding hydrogens is 208 g/mol. The molecule has 0 aliphatic rings. The fourth-order valence-electron chi connectivity index (χ4n) is 1.30. The first-order valence-corrected chi connectivity index (χ1v) is 4.80. The Labute approximate surface area is 94.3 Å². The van der Waals surface area contributed by atoms with Crippen molar-refractivity contribution in [3.05, 3.63) is 23.9 Å². The topological polar surface area (TPSA) is 84.0 Å². The number of aromatic nitrogens is 1. The minimum absolute atomic E-state index is 0.172. The van der Waals surface area contributed by atoms with E-state index < -0.39 is 0 Å². The molecule has 3 N–H and O–H groups in total. The highest BCUT2D eigenvalue weighted by Crippen LogP contribution is 2.07. The summed E-state index contributed by atoms with van der Waals surface area (Å²) in [6.07, 6.45) is 0. The van der Waals surface area contributed by atoms with Gasteiger partial charge in [0.25, 0.3) is 0 Å². The number of pyridine rings is 1. The van der Waals surface area contributed by atoms with Crippen molar-refractivity contribution >= 4 is 5.84 Å². The first-order valence-electron chi connectivity index (χ1n) is 4.80. The van der Waals surface area contributed by atoms with Crippen LogP contribution in [-0.2, 0) is 6.54 Å². The van der Waals surface area contributed by atoms with Crippen LogP contribution in [0.25, 0.3) is 0 Å². The maximum absolute atomic E-state index is 8.43. The van der Waals surface area contributed by atoms with Crippen molar-refractivity contribution in [1.29, 1.82) is 0 Å². The minimum Gasteiger partial charge on any atom is -0.481 e. The van der Waals surface area contributed by atoms with E-state index in [4.69, 9.17) is 15.7 Å². The number of oxime groups is 1. The summed E-state index contributed by atoms with van der Waals surface area (Å²) in [5.41, 5.74) is 6.26. The van der Waals surface area contributed by atoms with Gasteiger partial charge in [-0.3, -0.25) is 4.90 Å². The van der Waals surface area contributed by atoms with Crippen molar-refractivity contribution in [1.82, 2.24) is 9.88 Å². The lowest BCUT2D eigenvalue weighted by Crippen LogP contribution is -2.30. The van der Waals surface area contributed by atoms with Crippen molar-refractivity contribution in [3.63, 3.8) is 0 Å². The Morgan fingerprint density at radius 3 is 3.00 bits per heavy atom. The third kappa shape index (κ3) is 3.74. The van der Waals surface area contributed by atoms with E-state index in [-0.39, 0.29) is 5.84 Å². The van der Waals surface area contributed by atoms with Gasteiger partial charge in [-0.25, -0.2) is 4.98 Å². The molecule has 0 aromatic carbocycles. The van der Waals surface area contributed by atoms with Gasteiger partial charge in [-0.2, -0.15) is 0 Å². The van der Waals surface area contributed by atoms with E-state index in [9.17, 15) is 0 Å². The van der Waals surface area contributed by atoms with E-state index in [1.165, 1.54) is 0 Å². The van der Waals surface area contributed by atoms with Gasteiger partial charge in [-0.1, -0.05) is 11.2 Å². The van der Waals surface area contributed by atoms with Gasteiger partial charge in [0.15, 0.2) is 5.84 Å². The normalized spacial score (nSPS) is 11.8. The molecule has 1 aromatic heterocycles. The van der Waals surface area contributed by atoms with E-state index in [1.807, 2.05) is 24.1 Å². The van der Waals surface area contributed by atoms with E-state index >= 15 is 0 Å². The summed E-state index contributed by atoms with van der Waals surface area (Å²) >= 11 is 0. The van der Waals surface area contributed by atoms with E-state index in [2.05, 4.69) is 10.1 Å². The van der Waals surface area contributed by atoms with E-state index in [0.717, 1.165) is 5.69 Å². The van der Waals surface area contributed by atoms with Gasteiger partial charge >= 0.3 is 0 Å². The number of amidine groups is 1. The number of hydrogen-bond acceptors (Lipinski definition) is 5. The molecule has 0 atom stereocenters. The van der Waals surface area contributed by atoms with Crippen LogP contribution in [0, 0.1) is 0 Å². The van der Waals surface area contributed by atoms with Crippen molar-refractivity contribution in [2.45, 2.75) is 6.54 Å². The molecule has 0 bridgehead atoms. The van der Waals surface area contributed by atoms with E-state index in [1.54, 1.807) is 13.2 Å². The highest BCUT2D eigenvalue weighted by atomic mass is 16.5. The molecule has 6 heteroatoms. The number of hydrogen-bond donors (Lipinski definition) is 2. The lowest BCUT2D eigenvalue weighted by Gasteiger charge is -2.15. The summed E-state index contributed by atoms with van der Waals surface area (Å²) < 4.78 is 5.02. The smallest absolute Gasteiger partial charge is 0.213 e. The molecule has 0 aliphatic carbocycles. The number of methoxy groups -OCH3 is 1. The van der Waals surface area contributed by atoms with Crippen LogP contribution in [0.15, 0.2) is 23.4 Å². The SMILES string of the molecule is COc1cccc(CN(C)CC(N)=NO)n1. The Kier molecular flexibility index (Phi) is 4.53. The van der Waals surface area contributed by atoms with Crippen LogP contribution in [0.3, 0.4) is 0 Å². The third-order valence-electron chi connectivity index (χ3n) is 1.98. The zero-order chi connectivity index (χ0) is 12.0. The first-order chi connectivity index (χ1) is 7.65. The monoisotopic (exact) mass is 224 g/mol. The Hall–Kier alpha value is -1.82. The van der Waals surface area contributed by atoms with Crippen LogP contribution in [-0.4, -0.2) is 41.6 Å². The first kappa shape index (κ1) is 12.3. The molecule has 88 valence electrons. The average Bonchev–Trinajstić information content (AvgIpc) is 2.28. The molecule has 16 heavy (non-hydrogen) atoms. The second-order valence-corrected chi connectivity index (χ2v) is 3.43. The lowest BCUT2D eigenvalue weighted by atomic mass is 10.3. The number of likely N-dealkylation sites (N-methyl/N-ethyl adjacent to an activating group) is 1. The molecule has 1 heterocycles. The molecule has 0 saturated carbocycles. The van der Waals surface area contributed by atoms with Crippen LogP contribution < -0.4 is 10.5 Å². The lowest BCUT2D eigenvalue weighted by molar-refractivity contribution is 0.307. The third-order valence-corrected chi connectivity index (χ3v) is 1.98. The molecule has 6 nitrogen and oxygen atoms in total. The van der Waals surface area contributed by atoms with Crippen LogP contribution in [0.2, 0.25) is 0 Å². The van der Waals surface area contributed by atoms with Gasteiger partial charge in [0, 0.05) is 12.6 Å². The second-order valence-electron chi connectivity index (χ2n) is 3.43.